The van der Waals surface area contributed by atoms with Crippen LogP contribution < -0.4 is 0 Å². The Hall–Kier alpha value is -3.41. The summed E-state index contributed by atoms with van der Waals surface area (Å²) in [5.74, 6) is -1.00. The topological polar surface area (TPSA) is 78.9 Å². The molecule has 0 rings (SSSR count). The molecule has 0 saturated carbocycles. The number of hydrogen-bond acceptors (Lipinski definition) is 6. The second-order valence-electron chi connectivity index (χ2n) is 15.3. The zero-order valence-electron chi connectivity index (χ0n) is 37.5. The predicted molar refractivity (Wildman–Crippen MR) is 247 cm³/mol. The summed E-state index contributed by atoms with van der Waals surface area (Å²) in [5.41, 5.74) is 0. The second-order valence-corrected chi connectivity index (χ2v) is 15.3. The summed E-state index contributed by atoms with van der Waals surface area (Å²) in [6.45, 7) is 6.32. The molecular weight excluding hydrogens is 721 g/mol. The Morgan fingerprint density at radius 3 is 1.16 bits per heavy atom. The van der Waals surface area contributed by atoms with Gasteiger partial charge in [0, 0.05) is 19.3 Å². The van der Waals surface area contributed by atoms with Crippen LogP contribution in [0.2, 0.25) is 0 Å². The predicted octanol–water partition coefficient (Wildman–Crippen LogP) is 15.3. The van der Waals surface area contributed by atoms with E-state index in [0.29, 0.717) is 19.3 Å². The highest BCUT2D eigenvalue weighted by atomic mass is 16.6. The van der Waals surface area contributed by atoms with E-state index in [9.17, 15) is 14.4 Å². The van der Waals surface area contributed by atoms with Crippen LogP contribution in [0.5, 0.6) is 0 Å². The third-order valence-electron chi connectivity index (χ3n) is 9.66. The van der Waals surface area contributed by atoms with E-state index < -0.39 is 6.10 Å². The monoisotopic (exact) mass is 807 g/mol. The molecule has 0 aromatic carbocycles. The summed E-state index contributed by atoms with van der Waals surface area (Å²) < 4.78 is 16.6. The first-order valence-electron chi connectivity index (χ1n) is 23.6. The van der Waals surface area contributed by atoms with Gasteiger partial charge in [-0.05, 0) is 77.0 Å². The van der Waals surface area contributed by atoms with Crippen molar-refractivity contribution < 1.29 is 28.6 Å². The second kappa shape index (κ2) is 46.3. The molecule has 1 atom stereocenters. The Labute approximate surface area is 356 Å². The lowest BCUT2D eigenvalue weighted by Gasteiger charge is -2.18. The highest BCUT2D eigenvalue weighted by Crippen LogP contribution is 2.14. The molecular formula is C52H86O6. The molecule has 0 amide bonds. The molecule has 330 valence electrons. The number of esters is 3. The van der Waals surface area contributed by atoms with E-state index in [4.69, 9.17) is 14.2 Å². The summed E-state index contributed by atoms with van der Waals surface area (Å²) >= 11 is 0. The minimum Gasteiger partial charge on any atom is -0.462 e. The van der Waals surface area contributed by atoms with E-state index in [2.05, 4.69) is 93.7 Å². The fourth-order valence-electron chi connectivity index (χ4n) is 6.17. The van der Waals surface area contributed by atoms with E-state index >= 15 is 0 Å². The largest absolute Gasteiger partial charge is 0.462 e. The van der Waals surface area contributed by atoms with Crippen molar-refractivity contribution in [2.75, 3.05) is 13.2 Å². The van der Waals surface area contributed by atoms with Crippen molar-refractivity contribution in [1.29, 1.82) is 0 Å². The number of allylic oxidation sites excluding steroid dienone is 14. The molecule has 58 heavy (non-hydrogen) atoms. The zero-order chi connectivity index (χ0) is 42.3. The van der Waals surface area contributed by atoms with Crippen LogP contribution in [0.4, 0.5) is 0 Å². The Bertz CT molecular complexity index is 1160. The van der Waals surface area contributed by atoms with E-state index in [1.54, 1.807) is 0 Å². The molecule has 0 N–H and O–H groups in total. The molecule has 0 bridgehead atoms. The Morgan fingerprint density at radius 2 is 0.707 bits per heavy atom. The first-order valence-corrected chi connectivity index (χ1v) is 23.6. The minimum absolute atomic E-state index is 0.102. The molecule has 0 aliphatic heterocycles. The number of carbonyl (C=O) groups excluding carboxylic acids is 3. The van der Waals surface area contributed by atoms with E-state index in [1.807, 2.05) is 12.2 Å². The van der Waals surface area contributed by atoms with Crippen LogP contribution in [0.25, 0.3) is 0 Å². The van der Waals surface area contributed by atoms with Gasteiger partial charge in [-0.2, -0.15) is 0 Å². The molecule has 0 heterocycles. The molecule has 0 aliphatic rings. The van der Waals surface area contributed by atoms with Crippen LogP contribution >= 0.6 is 0 Å². The summed E-state index contributed by atoms with van der Waals surface area (Å²) in [6.07, 6.45) is 58.6. The zero-order valence-corrected chi connectivity index (χ0v) is 37.5. The van der Waals surface area contributed by atoms with Gasteiger partial charge in [0.15, 0.2) is 6.10 Å². The number of ether oxygens (including phenoxy) is 3. The maximum absolute atomic E-state index is 12.7. The summed E-state index contributed by atoms with van der Waals surface area (Å²) in [7, 11) is 0. The highest BCUT2D eigenvalue weighted by molar-refractivity contribution is 5.71. The van der Waals surface area contributed by atoms with Crippen molar-refractivity contribution in [3.63, 3.8) is 0 Å². The van der Waals surface area contributed by atoms with Crippen molar-refractivity contribution in [3.8, 4) is 0 Å². The van der Waals surface area contributed by atoms with Crippen LogP contribution in [0.1, 0.15) is 207 Å². The van der Waals surface area contributed by atoms with Gasteiger partial charge in [-0.15, -0.1) is 0 Å². The number of unbranched alkanes of at least 4 members (excludes halogenated alkanes) is 16. The molecule has 0 saturated heterocycles. The quantitative estimate of drug-likeness (QED) is 0.0265. The fourth-order valence-corrected chi connectivity index (χ4v) is 6.17. The lowest BCUT2D eigenvalue weighted by atomic mass is 10.1. The third-order valence-corrected chi connectivity index (χ3v) is 9.66. The Morgan fingerprint density at radius 1 is 0.362 bits per heavy atom. The van der Waals surface area contributed by atoms with Gasteiger partial charge in [0.2, 0.25) is 0 Å². The van der Waals surface area contributed by atoms with Gasteiger partial charge in [0.25, 0.3) is 0 Å². The molecule has 0 aromatic rings. The molecule has 6 heteroatoms. The van der Waals surface area contributed by atoms with E-state index in [0.717, 1.165) is 89.9 Å². The Kier molecular flexibility index (Phi) is 43.6. The van der Waals surface area contributed by atoms with Crippen molar-refractivity contribution >= 4 is 17.9 Å². The fraction of sp³-hybridized carbons (Fsp3) is 0.673. The molecule has 1 unspecified atom stereocenters. The summed E-state index contributed by atoms with van der Waals surface area (Å²) in [6, 6.07) is 0. The Balaban J connectivity index is 4.50. The van der Waals surface area contributed by atoms with Crippen LogP contribution in [-0.4, -0.2) is 37.2 Å². The van der Waals surface area contributed by atoms with Gasteiger partial charge in [0.1, 0.15) is 13.2 Å². The SMILES string of the molecule is CC/C=C\C/C=C\C/C=C\C/C=C\C/C=C\CCC(=O)OCC(COC(=O)CCCCCCCCCCCC)OC(=O)CCCCCCCCC/C=C\C/C=C\CC. The van der Waals surface area contributed by atoms with Crippen LogP contribution in [0, 0.1) is 0 Å². The normalized spacial score (nSPS) is 12.8. The van der Waals surface area contributed by atoms with Crippen molar-refractivity contribution in [3.05, 3.63) is 85.1 Å². The maximum Gasteiger partial charge on any atom is 0.306 e. The molecule has 6 nitrogen and oxygen atoms in total. The van der Waals surface area contributed by atoms with E-state index in [-0.39, 0.29) is 37.5 Å². The summed E-state index contributed by atoms with van der Waals surface area (Å²) in [4.78, 5) is 37.8. The lowest BCUT2D eigenvalue weighted by molar-refractivity contribution is -0.166. The lowest BCUT2D eigenvalue weighted by Crippen LogP contribution is -2.30. The van der Waals surface area contributed by atoms with Crippen LogP contribution in [0.15, 0.2) is 85.1 Å². The smallest absolute Gasteiger partial charge is 0.306 e. The highest BCUT2D eigenvalue weighted by Gasteiger charge is 2.19. The number of carbonyl (C=O) groups is 3. The third kappa shape index (κ3) is 43.7. The first kappa shape index (κ1) is 54.6. The van der Waals surface area contributed by atoms with E-state index in [1.165, 1.54) is 70.6 Å². The average Bonchev–Trinajstić information content (AvgIpc) is 3.22. The maximum atomic E-state index is 12.7. The van der Waals surface area contributed by atoms with Gasteiger partial charge in [-0.1, -0.05) is 196 Å². The van der Waals surface area contributed by atoms with Gasteiger partial charge in [-0.3, -0.25) is 14.4 Å². The van der Waals surface area contributed by atoms with Crippen molar-refractivity contribution in [1.82, 2.24) is 0 Å². The van der Waals surface area contributed by atoms with Gasteiger partial charge in [0.05, 0.1) is 0 Å². The molecule has 0 fully saturated rings. The molecule has 0 aromatic heterocycles. The summed E-state index contributed by atoms with van der Waals surface area (Å²) in [5, 5.41) is 0. The van der Waals surface area contributed by atoms with Gasteiger partial charge < -0.3 is 14.2 Å². The average molecular weight is 807 g/mol. The van der Waals surface area contributed by atoms with Gasteiger partial charge >= 0.3 is 17.9 Å². The number of hydrogen-bond donors (Lipinski definition) is 0. The standard InChI is InChI=1S/C52H86O6/c1-4-7-10-13-16-19-22-24-26-27-29-30-33-36-39-42-45-51(54)57-48-49(47-56-50(53)44-41-38-35-32-21-18-15-12-9-6-3)58-52(55)46-43-40-37-34-31-28-25-23-20-17-14-11-8-5-2/h7-8,10-11,16-17,19-20,24,26,29-30,36,39,49H,4-6,9,12-15,18,21-23,25,27-28,31-35,37-38,40-48H2,1-3H3/b10-7-,11-8-,19-16-,20-17-,26-24-,30-29-,39-36-. The molecule has 0 aliphatic carbocycles. The van der Waals surface area contributed by atoms with Crippen molar-refractivity contribution in [2.24, 2.45) is 0 Å². The molecule has 0 radical (unpaired) electrons. The van der Waals surface area contributed by atoms with Crippen LogP contribution in [-0.2, 0) is 28.6 Å². The van der Waals surface area contributed by atoms with Crippen molar-refractivity contribution in [2.45, 2.75) is 213 Å². The molecule has 0 spiro atoms. The van der Waals surface area contributed by atoms with Gasteiger partial charge in [-0.25, -0.2) is 0 Å². The minimum atomic E-state index is -0.807. The first-order chi connectivity index (χ1) is 28.5. The number of rotatable bonds is 41. The van der Waals surface area contributed by atoms with Crippen LogP contribution in [0.3, 0.4) is 0 Å².